The van der Waals surface area contributed by atoms with Crippen molar-refractivity contribution in [3.8, 4) is 0 Å². The molecule has 1 aliphatic heterocycles. The summed E-state index contributed by atoms with van der Waals surface area (Å²) in [6.45, 7) is 4.94. The largest absolute Gasteiger partial charge is 0.468 e. The van der Waals surface area contributed by atoms with Crippen molar-refractivity contribution in [2.45, 2.75) is 31.2 Å². The number of nitrogens with one attached hydrogen (secondary N) is 1. The first-order chi connectivity index (χ1) is 7.86. The van der Waals surface area contributed by atoms with Crippen LogP contribution < -0.4 is 5.32 Å². The van der Waals surface area contributed by atoms with Gasteiger partial charge in [0.05, 0.1) is 18.9 Å². The molecule has 1 aromatic heterocycles. The average Bonchev–Trinajstić information content (AvgIpc) is 2.90. The van der Waals surface area contributed by atoms with Gasteiger partial charge in [-0.15, -0.1) is 0 Å². The third-order valence-electron chi connectivity index (χ3n) is 2.80. The number of hydrogen-bond donors (Lipinski definition) is 1. The van der Waals surface area contributed by atoms with Crippen LogP contribution in [0, 0.1) is 0 Å². The van der Waals surface area contributed by atoms with E-state index in [0.717, 1.165) is 31.2 Å². The van der Waals surface area contributed by atoms with E-state index in [9.17, 15) is 0 Å². The molecule has 2 heterocycles. The lowest BCUT2D eigenvalue weighted by Gasteiger charge is -2.13. The standard InChI is InChI=1S/C12H19NO2S/c1-10-12(4-7-14-10)16-8-5-13-9-11-3-2-6-15-11/h2-3,6,10,12-13H,4-5,7-9H2,1H3. The molecule has 1 aromatic rings. The molecule has 0 aromatic carbocycles. The number of hydrogen-bond acceptors (Lipinski definition) is 4. The van der Waals surface area contributed by atoms with Crippen molar-refractivity contribution in [1.82, 2.24) is 5.32 Å². The van der Waals surface area contributed by atoms with Crippen LogP contribution in [0.25, 0.3) is 0 Å². The normalized spacial score (nSPS) is 25.1. The van der Waals surface area contributed by atoms with Gasteiger partial charge in [-0.25, -0.2) is 0 Å². The van der Waals surface area contributed by atoms with Gasteiger partial charge in [-0.1, -0.05) is 0 Å². The maximum Gasteiger partial charge on any atom is 0.117 e. The Bertz CT molecular complexity index is 289. The van der Waals surface area contributed by atoms with Crippen LogP contribution in [0.2, 0.25) is 0 Å². The molecule has 2 atom stereocenters. The summed E-state index contributed by atoms with van der Waals surface area (Å²) in [7, 11) is 0. The molecule has 0 bridgehead atoms. The summed E-state index contributed by atoms with van der Waals surface area (Å²) in [5, 5.41) is 4.06. The Hall–Kier alpha value is -0.450. The summed E-state index contributed by atoms with van der Waals surface area (Å²) in [6.07, 6.45) is 3.34. The average molecular weight is 241 g/mol. The second-order valence-electron chi connectivity index (χ2n) is 4.03. The minimum atomic E-state index is 0.426. The van der Waals surface area contributed by atoms with Crippen LogP contribution in [0.5, 0.6) is 0 Å². The van der Waals surface area contributed by atoms with Crippen LogP contribution in [-0.4, -0.2) is 30.3 Å². The number of rotatable bonds is 6. The highest BCUT2D eigenvalue weighted by Crippen LogP contribution is 2.25. The zero-order valence-corrected chi connectivity index (χ0v) is 10.5. The molecule has 0 amide bonds. The lowest BCUT2D eigenvalue weighted by atomic mass is 10.3. The van der Waals surface area contributed by atoms with E-state index in [1.807, 2.05) is 23.9 Å². The Labute approximate surface area is 101 Å². The van der Waals surface area contributed by atoms with Gasteiger partial charge in [0, 0.05) is 24.2 Å². The zero-order valence-electron chi connectivity index (χ0n) is 9.65. The highest BCUT2D eigenvalue weighted by Gasteiger charge is 2.23. The quantitative estimate of drug-likeness (QED) is 0.775. The summed E-state index contributed by atoms with van der Waals surface area (Å²) in [5.41, 5.74) is 0. The van der Waals surface area contributed by atoms with Gasteiger partial charge in [-0.2, -0.15) is 11.8 Å². The molecule has 0 radical (unpaired) electrons. The molecular formula is C12H19NO2S. The Morgan fingerprint density at radius 2 is 2.50 bits per heavy atom. The van der Waals surface area contributed by atoms with E-state index < -0.39 is 0 Å². The minimum absolute atomic E-state index is 0.426. The van der Waals surface area contributed by atoms with Crippen LogP contribution in [-0.2, 0) is 11.3 Å². The van der Waals surface area contributed by atoms with E-state index in [1.165, 1.54) is 6.42 Å². The molecule has 1 N–H and O–H groups in total. The highest BCUT2D eigenvalue weighted by atomic mass is 32.2. The van der Waals surface area contributed by atoms with E-state index >= 15 is 0 Å². The lowest BCUT2D eigenvalue weighted by molar-refractivity contribution is 0.127. The van der Waals surface area contributed by atoms with Gasteiger partial charge in [-0.3, -0.25) is 0 Å². The van der Waals surface area contributed by atoms with Crippen LogP contribution >= 0.6 is 11.8 Å². The van der Waals surface area contributed by atoms with Crippen LogP contribution in [0.4, 0.5) is 0 Å². The van der Waals surface area contributed by atoms with Crippen LogP contribution in [0.3, 0.4) is 0 Å². The third-order valence-corrected chi connectivity index (χ3v) is 4.28. The molecule has 2 rings (SSSR count). The van der Waals surface area contributed by atoms with Crippen molar-refractivity contribution < 1.29 is 9.15 Å². The topological polar surface area (TPSA) is 34.4 Å². The van der Waals surface area contributed by atoms with Gasteiger partial charge >= 0.3 is 0 Å². The monoisotopic (exact) mass is 241 g/mol. The van der Waals surface area contributed by atoms with E-state index in [-0.39, 0.29) is 0 Å². The molecule has 4 heteroatoms. The Morgan fingerprint density at radius 1 is 1.56 bits per heavy atom. The van der Waals surface area contributed by atoms with E-state index in [0.29, 0.717) is 11.4 Å². The number of ether oxygens (including phenoxy) is 1. The fourth-order valence-corrected chi connectivity index (χ4v) is 3.02. The Balaban J connectivity index is 1.52. The second-order valence-corrected chi connectivity index (χ2v) is 5.38. The van der Waals surface area contributed by atoms with Crippen LogP contribution in [0.15, 0.2) is 22.8 Å². The highest BCUT2D eigenvalue weighted by molar-refractivity contribution is 8.00. The number of thioether (sulfide) groups is 1. The maximum absolute atomic E-state index is 5.53. The fraction of sp³-hybridized carbons (Fsp3) is 0.667. The number of furan rings is 1. The summed E-state index contributed by atoms with van der Waals surface area (Å²) in [6, 6.07) is 3.91. The predicted octanol–water partition coefficient (Wildman–Crippen LogP) is 2.28. The van der Waals surface area contributed by atoms with Crippen molar-refractivity contribution in [1.29, 1.82) is 0 Å². The molecule has 16 heavy (non-hydrogen) atoms. The fourth-order valence-electron chi connectivity index (χ4n) is 1.84. The van der Waals surface area contributed by atoms with Crippen molar-refractivity contribution >= 4 is 11.8 Å². The van der Waals surface area contributed by atoms with Crippen molar-refractivity contribution in [2.24, 2.45) is 0 Å². The zero-order chi connectivity index (χ0) is 11.2. The molecule has 90 valence electrons. The minimum Gasteiger partial charge on any atom is -0.468 e. The molecule has 2 unspecified atom stereocenters. The van der Waals surface area contributed by atoms with Crippen LogP contribution in [0.1, 0.15) is 19.1 Å². The summed E-state index contributed by atoms with van der Waals surface area (Å²) in [4.78, 5) is 0. The lowest BCUT2D eigenvalue weighted by Crippen LogP contribution is -2.20. The van der Waals surface area contributed by atoms with Gasteiger partial charge in [0.2, 0.25) is 0 Å². The predicted molar refractivity (Wildman–Crippen MR) is 66.7 cm³/mol. The van der Waals surface area contributed by atoms with E-state index in [1.54, 1.807) is 6.26 Å². The van der Waals surface area contributed by atoms with Crippen molar-refractivity contribution in [3.63, 3.8) is 0 Å². The SMILES string of the molecule is CC1OCCC1SCCNCc1ccco1. The van der Waals surface area contributed by atoms with Gasteiger partial charge in [0.15, 0.2) is 0 Å². The summed E-state index contributed by atoms with van der Waals surface area (Å²) in [5.74, 6) is 2.14. The second kappa shape index (κ2) is 6.33. The van der Waals surface area contributed by atoms with Gasteiger partial charge in [-0.05, 0) is 25.5 Å². The molecule has 0 saturated carbocycles. The smallest absolute Gasteiger partial charge is 0.117 e. The van der Waals surface area contributed by atoms with Gasteiger partial charge in [0.25, 0.3) is 0 Å². The summed E-state index contributed by atoms with van der Waals surface area (Å²) >= 11 is 2.01. The van der Waals surface area contributed by atoms with E-state index in [4.69, 9.17) is 9.15 Å². The molecule has 3 nitrogen and oxygen atoms in total. The van der Waals surface area contributed by atoms with E-state index in [2.05, 4.69) is 12.2 Å². The molecule has 1 aliphatic rings. The van der Waals surface area contributed by atoms with Gasteiger partial charge in [0.1, 0.15) is 5.76 Å². The Morgan fingerprint density at radius 3 is 3.19 bits per heavy atom. The van der Waals surface area contributed by atoms with Gasteiger partial charge < -0.3 is 14.5 Å². The van der Waals surface area contributed by atoms with Crippen molar-refractivity contribution in [2.75, 3.05) is 18.9 Å². The molecule has 1 saturated heterocycles. The summed E-state index contributed by atoms with van der Waals surface area (Å²) < 4.78 is 10.8. The Kier molecular flexibility index (Phi) is 4.75. The third kappa shape index (κ3) is 3.54. The first kappa shape index (κ1) is 12.0. The molecule has 0 spiro atoms. The maximum atomic E-state index is 5.53. The molecule has 1 fully saturated rings. The van der Waals surface area contributed by atoms with Crippen molar-refractivity contribution in [3.05, 3.63) is 24.2 Å². The molecule has 0 aliphatic carbocycles. The first-order valence-corrected chi connectivity index (χ1v) is 6.87. The first-order valence-electron chi connectivity index (χ1n) is 5.82. The molecular weight excluding hydrogens is 222 g/mol.